The Labute approximate surface area is 162 Å². The van der Waals surface area contributed by atoms with Crippen LogP contribution in [0.2, 0.25) is 5.02 Å². The second-order valence-corrected chi connectivity index (χ2v) is 7.85. The normalized spacial score (nSPS) is 22.1. The number of aryl methyl sites for hydroxylation is 1. The molecule has 1 N–H and O–H groups in total. The lowest BCUT2D eigenvalue weighted by molar-refractivity contribution is 0.295. The molecule has 0 spiro atoms. The van der Waals surface area contributed by atoms with Gasteiger partial charge in [0.1, 0.15) is 5.82 Å². The van der Waals surface area contributed by atoms with Crippen molar-refractivity contribution in [3.63, 3.8) is 0 Å². The Balaban J connectivity index is 1.43. The number of benzene rings is 1. The van der Waals surface area contributed by atoms with Crippen LogP contribution >= 0.6 is 11.6 Å². The van der Waals surface area contributed by atoms with Gasteiger partial charge in [0, 0.05) is 23.4 Å². The van der Waals surface area contributed by atoms with Crippen LogP contribution in [0.4, 0.5) is 0 Å². The molecule has 0 atom stereocenters. The van der Waals surface area contributed by atoms with Gasteiger partial charge in [0.2, 0.25) is 5.89 Å². The number of rotatable bonds is 2. The molecular weight excluding hydrogens is 364 g/mol. The van der Waals surface area contributed by atoms with Gasteiger partial charge in [-0.25, -0.2) is 0 Å². The number of fused-ring (bicyclic) bond motifs is 3. The molecule has 0 bridgehead atoms. The number of nitrogens with zero attached hydrogens (tertiary/aromatic N) is 5. The summed E-state index contributed by atoms with van der Waals surface area (Å²) in [6.45, 7) is 3.35. The van der Waals surface area contributed by atoms with Crippen LogP contribution in [0.5, 0.6) is 0 Å². The largest absolute Gasteiger partial charge is 0.339 e. The van der Waals surface area contributed by atoms with Gasteiger partial charge in [-0.15, -0.1) is 10.2 Å². The Morgan fingerprint density at radius 3 is 2.70 bits per heavy atom. The molecule has 7 nitrogen and oxygen atoms in total. The average Bonchev–Trinajstić information content (AvgIpc) is 3.25. The van der Waals surface area contributed by atoms with Crippen molar-refractivity contribution < 1.29 is 4.52 Å². The molecular formula is C19H21ClN6O. The van der Waals surface area contributed by atoms with Crippen molar-refractivity contribution in [1.29, 1.82) is 0 Å². The fraction of sp³-hybridized carbons (Fsp3) is 0.474. The maximum absolute atomic E-state index is 6.21. The van der Waals surface area contributed by atoms with Crippen LogP contribution in [0.25, 0.3) is 5.69 Å². The highest BCUT2D eigenvalue weighted by Gasteiger charge is 2.31. The van der Waals surface area contributed by atoms with Gasteiger partial charge in [-0.2, -0.15) is 4.98 Å². The lowest BCUT2D eigenvalue weighted by Crippen LogP contribution is -2.17. The summed E-state index contributed by atoms with van der Waals surface area (Å²) in [5.74, 6) is 4.22. The second kappa shape index (κ2) is 6.73. The fourth-order valence-corrected chi connectivity index (χ4v) is 4.47. The highest BCUT2D eigenvalue weighted by atomic mass is 35.5. The van der Waals surface area contributed by atoms with Gasteiger partial charge >= 0.3 is 0 Å². The van der Waals surface area contributed by atoms with E-state index in [9.17, 15) is 0 Å². The van der Waals surface area contributed by atoms with E-state index in [4.69, 9.17) is 16.1 Å². The van der Waals surface area contributed by atoms with Crippen LogP contribution < -0.4 is 5.32 Å². The van der Waals surface area contributed by atoms with Gasteiger partial charge in [-0.3, -0.25) is 4.57 Å². The van der Waals surface area contributed by atoms with Crippen LogP contribution in [0.1, 0.15) is 66.4 Å². The predicted molar refractivity (Wildman–Crippen MR) is 99.9 cm³/mol. The molecule has 1 aromatic carbocycles. The van der Waals surface area contributed by atoms with E-state index in [1.54, 1.807) is 0 Å². The molecule has 27 heavy (non-hydrogen) atoms. The van der Waals surface area contributed by atoms with E-state index in [0.717, 1.165) is 60.5 Å². The van der Waals surface area contributed by atoms with Gasteiger partial charge in [-0.05, 0) is 56.4 Å². The third-order valence-electron chi connectivity index (χ3n) is 5.62. The first-order chi connectivity index (χ1) is 13.2. The molecule has 3 aromatic rings. The van der Waals surface area contributed by atoms with Gasteiger partial charge < -0.3 is 9.84 Å². The van der Waals surface area contributed by atoms with E-state index in [1.807, 2.05) is 19.1 Å². The quantitative estimate of drug-likeness (QED) is 0.726. The van der Waals surface area contributed by atoms with Crippen LogP contribution in [0, 0.1) is 6.92 Å². The Kier molecular flexibility index (Phi) is 4.21. The standard InChI is InChI=1S/C19H21ClN6O/c1-11-22-19(27-25-11)13-4-2-12(3-5-13)18-24-23-17-10-21-9-14-8-15(20)6-7-16(14)26(17)18/h6-8,12-13,21H,2-5,9-10H2,1H3/t12-,13-. The Bertz CT molecular complexity index is 972. The molecule has 1 saturated carbocycles. The zero-order chi connectivity index (χ0) is 18.4. The fourth-order valence-electron chi connectivity index (χ4n) is 4.27. The maximum atomic E-state index is 6.21. The zero-order valence-electron chi connectivity index (χ0n) is 15.2. The van der Waals surface area contributed by atoms with Gasteiger partial charge in [0.15, 0.2) is 11.6 Å². The van der Waals surface area contributed by atoms with E-state index in [0.29, 0.717) is 24.2 Å². The predicted octanol–water partition coefficient (Wildman–Crippen LogP) is 3.66. The molecule has 1 aliphatic carbocycles. The van der Waals surface area contributed by atoms with Gasteiger partial charge in [0.05, 0.1) is 12.2 Å². The molecule has 0 radical (unpaired) electrons. The Morgan fingerprint density at radius 2 is 1.93 bits per heavy atom. The van der Waals surface area contributed by atoms with Crippen LogP contribution in [0.3, 0.4) is 0 Å². The molecule has 0 saturated heterocycles. The summed E-state index contributed by atoms with van der Waals surface area (Å²) in [6, 6.07) is 6.04. The summed E-state index contributed by atoms with van der Waals surface area (Å²) in [5.41, 5.74) is 2.31. The van der Waals surface area contributed by atoms with E-state index < -0.39 is 0 Å². The van der Waals surface area contributed by atoms with Crippen molar-refractivity contribution in [3.8, 4) is 5.69 Å². The molecule has 2 aliphatic rings. The smallest absolute Gasteiger partial charge is 0.229 e. The number of aromatic nitrogens is 5. The maximum Gasteiger partial charge on any atom is 0.229 e. The first-order valence-corrected chi connectivity index (χ1v) is 9.81. The minimum Gasteiger partial charge on any atom is -0.339 e. The second-order valence-electron chi connectivity index (χ2n) is 7.41. The monoisotopic (exact) mass is 384 g/mol. The molecule has 2 aromatic heterocycles. The molecule has 1 fully saturated rings. The minimum atomic E-state index is 0.349. The van der Waals surface area contributed by atoms with E-state index in [-0.39, 0.29) is 0 Å². The van der Waals surface area contributed by atoms with E-state index in [1.165, 1.54) is 5.56 Å². The van der Waals surface area contributed by atoms with Crippen molar-refractivity contribution >= 4 is 11.6 Å². The Hall–Kier alpha value is -2.25. The third kappa shape index (κ3) is 3.04. The van der Waals surface area contributed by atoms with E-state index >= 15 is 0 Å². The first-order valence-electron chi connectivity index (χ1n) is 9.43. The summed E-state index contributed by atoms with van der Waals surface area (Å²) < 4.78 is 7.61. The van der Waals surface area contributed by atoms with Crippen LogP contribution in [-0.2, 0) is 13.1 Å². The summed E-state index contributed by atoms with van der Waals surface area (Å²) in [6.07, 6.45) is 4.14. The Morgan fingerprint density at radius 1 is 1.11 bits per heavy atom. The van der Waals surface area contributed by atoms with Crippen molar-refractivity contribution in [2.24, 2.45) is 0 Å². The summed E-state index contributed by atoms with van der Waals surface area (Å²) in [4.78, 5) is 4.41. The summed E-state index contributed by atoms with van der Waals surface area (Å²) >= 11 is 6.21. The number of hydrogen-bond donors (Lipinski definition) is 1. The van der Waals surface area contributed by atoms with Crippen LogP contribution in [0.15, 0.2) is 22.7 Å². The highest BCUT2D eigenvalue weighted by molar-refractivity contribution is 6.30. The van der Waals surface area contributed by atoms with Gasteiger partial charge in [0.25, 0.3) is 0 Å². The lowest BCUT2D eigenvalue weighted by atomic mass is 9.81. The van der Waals surface area contributed by atoms with Crippen molar-refractivity contribution in [1.82, 2.24) is 30.2 Å². The molecule has 1 aliphatic heterocycles. The molecule has 3 heterocycles. The molecule has 0 unspecified atom stereocenters. The van der Waals surface area contributed by atoms with Gasteiger partial charge in [-0.1, -0.05) is 16.8 Å². The minimum absolute atomic E-state index is 0.349. The third-order valence-corrected chi connectivity index (χ3v) is 5.86. The topological polar surface area (TPSA) is 81.7 Å². The molecule has 8 heteroatoms. The van der Waals surface area contributed by atoms with Crippen molar-refractivity contribution in [2.75, 3.05) is 0 Å². The number of halogens is 1. The number of hydrogen-bond acceptors (Lipinski definition) is 6. The summed E-state index contributed by atoms with van der Waals surface area (Å²) in [7, 11) is 0. The first kappa shape index (κ1) is 16.9. The van der Waals surface area contributed by atoms with Crippen molar-refractivity contribution in [2.45, 2.75) is 57.5 Å². The summed E-state index contributed by atoms with van der Waals surface area (Å²) in [5, 5.41) is 17.2. The molecule has 0 amide bonds. The molecule has 5 rings (SSSR count). The highest BCUT2D eigenvalue weighted by Crippen LogP contribution is 2.40. The SMILES string of the molecule is Cc1noc([C@H]2CC[C@H](c3nnc4n3-c3ccc(Cl)cc3CNC4)CC2)n1. The zero-order valence-corrected chi connectivity index (χ0v) is 15.9. The lowest BCUT2D eigenvalue weighted by Gasteiger charge is -2.26. The van der Waals surface area contributed by atoms with Crippen molar-refractivity contribution in [3.05, 3.63) is 52.1 Å². The average molecular weight is 385 g/mol. The number of nitrogens with one attached hydrogen (secondary N) is 1. The van der Waals surface area contributed by atoms with Crippen LogP contribution in [-0.4, -0.2) is 24.9 Å². The van der Waals surface area contributed by atoms with E-state index in [2.05, 4.69) is 36.3 Å². The molecule has 140 valence electrons.